The van der Waals surface area contributed by atoms with Crippen molar-refractivity contribution in [3.05, 3.63) is 63.6 Å². The topological polar surface area (TPSA) is 32.3 Å². The molecule has 0 aliphatic carbocycles. The van der Waals surface area contributed by atoms with Gasteiger partial charge in [0.05, 0.1) is 0 Å². The summed E-state index contributed by atoms with van der Waals surface area (Å²) in [5.41, 5.74) is 2.23. The standard InChI is InChI=1S/C16H15BrF2N2O/c1-10-3-5-12(8-13(10)17)20-16(22)21(2)9-11-4-6-14(18)15(19)7-11/h3-8H,9H2,1-2H3,(H,20,22). The zero-order chi connectivity index (χ0) is 16.3. The van der Waals surface area contributed by atoms with Crippen molar-refractivity contribution >= 4 is 27.6 Å². The van der Waals surface area contributed by atoms with E-state index in [4.69, 9.17) is 0 Å². The van der Waals surface area contributed by atoms with Crippen LogP contribution in [-0.4, -0.2) is 18.0 Å². The van der Waals surface area contributed by atoms with E-state index >= 15 is 0 Å². The Hall–Kier alpha value is -1.95. The molecule has 0 aliphatic heterocycles. The Morgan fingerprint density at radius 2 is 1.91 bits per heavy atom. The van der Waals surface area contributed by atoms with E-state index in [-0.39, 0.29) is 12.6 Å². The summed E-state index contributed by atoms with van der Waals surface area (Å²) in [5, 5.41) is 2.75. The van der Waals surface area contributed by atoms with Crippen LogP contribution in [0.1, 0.15) is 11.1 Å². The third kappa shape index (κ3) is 4.04. The predicted molar refractivity (Wildman–Crippen MR) is 85.7 cm³/mol. The molecule has 0 aromatic heterocycles. The average molecular weight is 369 g/mol. The van der Waals surface area contributed by atoms with E-state index in [1.807, 2.05) is 13.0 Å². The summed E-state index contributed by atoms with van der Waals surface area (Å²) < 4.78 is 26.9. The largest absolute Gasteiger partial charge is 0.323 e. The molecule has 1 N–H and O–H groups in total. The van der Waals surface area contributed by atoms with Gasteiger partial charge in [0, 0.05) is 23.8 Å². The zero-order valence-electron chi connectivity index (χ0n) is 12.2. The molecule has 0 aliphatic rings. The minimum absolute atomic E-state index is 0.177. The van der Waals surface area contributed by atoms with Crippen molar-refractivity contribution in [2.45, 2.75) is 13.5 Å². The number of urea groups is 1. The third-order valence-electron chi connectivity index (χ3n) is 3.17. The van der Waals surface area contributed by atoms with Crippen molar-refractivity contribution < 1.29 is 13.6 Å². The molecule has 0 spiro atoms. The Balaban J connectivity index is 2.02. The van der Waals surface area contributed by atoms with Gasteiger partial charge in [-0.05, 0) is 42.3 Å². The second-order valence-corrected chi connectivity index (χ2v) is 5.85. The van der Waals surface area contributed by atoms with E-state index in [2.05, 4.69) is 21.2 Å². The molecule has 6 heteroatoms. The van der Waals surface area contributed by atoms with Crippen molar-refractivity contribution in [2.75, 3.05) is 12.4 Å². The number of hydrogen-bond acceptors (Lipinski definition) is 1. The maximum atomic E-state index is 13.2. The molecule has 0 bridgehead atoms. The molecule has 0 heterocycles. The fraction of sp³-hybridized carbons (Fsp3) is 0.188. The van der Waals surface area contributed by atoms with Gasteiger partial charge in [-0.2, -0.15) is 0 Å². The minimum Gasteiger partial charge on any atom is -0.323 e. The maximum Gasteiger partial charge on any atom is 0.321 e. The van der Waals surface area contributed by atoms with E-state index < -0.39 is 11.6 Å². The van der Waals surface area contributed by atoms with Gasteiger partial charge < -0.3 is 10.2 Å². The lowest BCUT2D eigenvalue weighted by molar-refractivity contribution is 0.220. The summed E-state index contributed by atoms with van der Waals surface area (Å²) in [6.45, 7) is 2.13. The summed E-state index contributed by atoms with van der Waals surface area (Å²) in [7, 11) is 1.58. The molecule has 2 amide bonds. The first-order valence-electron chi connectivity index (χ1n) is 6.59. The Labute approximate surface area is 136 Å². The van der Waals surface area contributed by atoms with Crippen LogP contribution in [0, 0.1) is 18.6 Å². The van der Waals surface area contributed by atoms with Gasteiger partial charge >= 0.3 is 6.03 Å². The molecule has 0 fully saturated rings. The van der Waals surface area contributed by atoms with E-state index in [9.17, 15) is 13.6 Å². The highest BCUT2D eigenvalue weighted by atomic mass is 79.9. The van der Waals surface area contributed by atoms with Crippen LogP contribution >= 0.6 is 15.9 Å². The summed E-state index contributed by atoms with van der Waals surface area (Å²) in [6.07, 6.45) is 0. The monoisotopic (exact) mass is 368 g/mol. The highest BCUT2D eigenvalue weighted by Crippen LogP contribution is 2.21. The molecule has 0 saturated heterocycles. The molecule has 2 aromatic rings. The molecule has 116 valence electrons. The van der Waals surface area contributed by atoms with Crippen LogP contribution in [0.25, 0.3) is 0 Å². The lowest BCUT2D eigenvalue weighted by atomic mass is 10.2. The highest BCUT2D eigenvalue weighted by molar-refractivity contribution is 9.10. The number of aryl methyl sites for hydroxylation is 1. The second kappa shape index (κ2) is 6.87. The van der Waals surface area contributed by atoms with Gasteiger partial charge in [0.25, 0.3) is 0 Å². The number of halogens is 3. The summed E-state index contributed by atoms with van der Waals surface area (Å²) in [4.78, 5) is 13.5. The van der Waals surface area contributed by atoms with Gasteiger partial charge in [-0.1, -0.05) is 28.1 Å². The van der Waals surface area contributed by atoms with Crippen molar-refractivity contribution in [1.29, 1.82) is 0 Å². The number of carbonyl (C=O) groups excluding carboxylic acids is 1. The lowest BCUT2D eigenvalue weighted by Crippen LogP contribution is -2.30. The number of nitrogens with zero attached hydrogens (tertiary/aromatic N) is 1. The lowest BCUT2D eigenvalue weighted by Gasteiger charge is -2.18. The number of carbonyl (C=O) groups is 1. The van der Waals surface area contributed by atoms with Gasteiger partial charge in [0.15, 0.2) is 11.6 Å². The summed E-state index contributed by atoms with van der Waals surface area (Å²) >= 11 is 3.40. The highest BCUT2D eigenvalue weighted by Gasteiger charge is 2.11. The molecule has 0 saturated carbocycles. The first kappa shape index (κ1) is 16.4. The van der Waals surface area contributed by atoms with Crippen molar-refractivity contribution in [2.24, 2.45) is 0 Å². The molecular weight excluding hydrogens is 354 g/mol. The van der Waals surface area contributed by atoms with E-state index in [1.54, 1.807) is 19.2 Å². The molecule has 22 heavy (non-hydrogen) atoms. The number of hydrogen-bond donors (Lipinski definition) is 1. The van der Waals surface area contributed by atoms with Gasteiger partial charge in [-0.3, -0.25) is 0 Å². The molecule has 0 radical (unpaired) electrons. The number of amides is 2. The van der Waals surface area contributed by atoms with Crippen LogP contribution < -0.4 is 5.32 Å². The molecule has 0 atom stereocenters. The Morgan fingerprint density at radius 1 is 1.18 bits per heavy atom. The number of nitrogens with one attached hydrogen (secondary N) is 1. The fourth-order valence-corrected chi connectivity index (χ4v) is 2.25. The van der Waals surface area contributed by atoms with Gasteiger partial charge in [-0.15, -0.1) is 0 Å². The predicted octanol–water partition coefficient (Wildman–Crippen LogP) is 4.70. The molecule has 2 aromatic carbocycles. The average Bonchev–Trinajstić information content (AvgIpc) is 2.46. The maximum absolute atomic E-state index is 13.2. The van der Waals surface area contributed by atoms with Crippen LogP contribution in [0.15, 0.2) is 40.9 Å². The van der Waals surface area contributed by atoms with Crippen molar-refractivity contribution in [1.82, 2.24) is 4.90 Å². The number of rotatable bonds is 3. The number of benzene rings is 2. The third-order valence-corrected chi connectivity index (χ3v) is 4.03. The van der Waals surface area contributed by atoms with E-state index in [0.717, 1.165) is 22.2 Å². The van der Waals surface area contributed by atoms with Crippen LogP contribution in [0.4, 0.5) is 19.3 Å². The summed E-state index contributed by atoms with van der Waals surface area (Å²) in [5.74, 6) is -1.82. The van der Waals surface area contributed by atoms with Gasteiger partial charge in [0.1, 0.15) is 0 Å². The van der Waals surface area contributed by atoms with E-state index in [0.29, 0.717) is 11.3 Å². The van der Waals surface area contributed by atoms with Gasteiger partial charge in [-0.25, -0.2) is 13.6 Å². The fourth-order valence-electron chi connectivity index (χ4n) is 1.87. The van der Waals surface area contributed by atoms with Crippen LogP contribution in [0.2, 0.25) is 0 Å². The van der Waals surface area contributed by atoms with Crippen LogP contribution in [0.5, 0.6) is 0 Å². The SMILES string of the molecule is Cc1ccc(NC(=O)N(C)Cc2ccc(F)c(F)c2)cc1Br. The quantitative estimate of drug-likeness (QED) is 0.836. The Kier molecular flexibility index (Phi) is 5.13. The van der Waals surface area contributed by atoms with Crippen LogP contribution in [-0.2, 0) is 6.54 Å². The number of anilines is 1. The normalized spacial score (nSPS) is 10.4. The van der Waals surface area contributed by atoms with Crippen molar-refractivity contribution in [3.8, 4) is 0 Å². The first-order valence-corrected chi connectivity index (χ1v) is 7.38. The smallest absolute Gasteiger partial charge is 0.321 e. The molecule has 0 unspecified atom stereocenters. The van der Waals surface area contributed by atoms with E-state index in [1.165, 1.54) is 11.0 Å². The molecule has 2 rings (SSSR count). The van der Waals surface area contributed by atoms with Crippen LogP contribution in [0.3, 0.4) is 0 Å². The Bertz CT molecular complexity index is 707. The molecular formula is C16H15BrF2N2O. The second-order valence-electron chi connectivity index (χ2n) is 5.00. The summed E-state index contributed by atoms with van der Waals surface area (Å²) in [6, 6.07) is 8.73. The Morgan fingerprint density at radius 3 is 2.55 bits per heavy atom. The minimum atomic E-state index is -0.922. The van der Waals surface area contributed by atoms with Gasteiger partial charge in [0.2, 0.25) is 0 Å². The zero-order valence-corrected chi connectivity index (χ0v) is 13.7. The first-order chi connectivity index (χ1) is 10.4. The molecule has 3 nitrogen and oxygen atoms in total. The van der Waals surface area contributed by atoms with Crippen molar-refractivity contribution in [3.63, 3.8) is 0 Å².